The zero-order valence-electron chi connectivity index (χ0n) is 22.3. The summed E-state index contributed by atoms with van der Waals surface area (Å²) < 4.78 is 22.6. The minimum Gasteiger partial charge on any atom is -0.394 e. The van der Waals surface area contributed by atoms with Gasteiger partial charge in [-0.3, -0.25) is 0 Å². The molecule has 2 saturated heterocycles. The van der Waals surface area contributed by atoms with Crippen LogP contribution in [0.15, 0.2) is 0 Å². The lowest BCUT2D eigenvalue weighted by molar-refractivity contribution is -0.362. The first-order chi connectivity index (χ1) is 17.8. The van der Waals surface area contributed by atoms with Gasteiger partial charge in [-0.15, -0.1) is 0 Å². The lowest BCUT2D eigenvalue weighted by Gasteiger charge is -2.46. The van der Waals surface area contributed by atoms with Crippen LogP contribution >= 0.6 is 0 Å². The van der Waals surface area contributed by atoms with Crippen molar-refractivity contribution in [1.29, 1.82) is 0 Å². The van der Waals surface area contributed by atoms with Crippen LogP contribution in [0.5, 0.6) is 0 Å². The van der Waals surface area contributed by atoms with E-state index in [1.54, 1.807) is 0 Å². The molecule has 11 nitrogen and oxygen atoms in total. The molecule has 0 bridgehead atoms. The average Bonchev–Trinajstić information content (AvgIpc) is 2.90. The van der Waals surface area contributed by atoms with E-state index in [0.717, 1.165) is 19.3 Å². The number of unbranched alkanes of at least 4 members (excludes halogenated alkanes) is 8. The van der Waals surface area contributed by atoms with E-state index in [9.17, 15) is 35.7 Å². The van der Waals surface area contributed by atoms with Crippen LogP contribution in [0.4, 0.5) is 0 Å². The minimum absolute atomic E-state index is 0.196. The molecule has 2 heterocycles. The first kappa shape index (κ1) is 32.8. The van der Waals surface area contributed by atoms with Crippen molar-refractivity contribution in [2.75, 3.05) is 13.2 Å². The Morgan fingerprint density at radius 1 is 0.622 bits per heavy atom. The first-order valence-electron chi connectivity index (χ1n) is 14.0. The Kier molecular flexibility index (Phi) is 15.3. The van der Waals surface area contributed by atoms with Crippen molar-refractivity contribution in [3.63, 3.8) is 0 Å². The number of ether oxygens (including phenoxy) is 4. The minimum atomic E-state index is -1.70. The van der Waals surface area contributed by atoms with Crippen molar-refractivity contribution in [2.45, 2.75) is 152 Å². The largest absolute Gasteiger partial charge is 0.394 e. The molecule has 0 amide bonds. The maximum atomic E-state index is 10.8. The summed E-state index contributed by atoms with van der Waals surface area (Å²) in [4.78, 5) is 0. The molecule has 0 radical (unpaired) electrons. The van der Waals surface area contributed by atoms with E-state index >= 15 is 0 Å². The fourth-order valence-corrected chi connectivity index (χ4v) is 4.91. The van der Waals surface area contributed by atoms with E-state index in [-0.39, 0.29) is 6.10 Å². The van der Waals surface area contributed by atoms with Crippen LogP contribution in [0.1, 0.15) is 84.5 Å². The standard InChI is InChI=1S/C26H50O11/c1-3-5-6-7-8-9-10-11-12-13-16(4-2)34-25-23(33)21(31)24(18(15-28)36-25)37-26-22(32)20(30)19(29)17(14-27)35-26/h16-33H,3-15H2,1-2H3/t16?,17-,18-,19-,20+,21-,22-,23-,24-,25-,26-/m1/s1. The molecule has 7 N–H and O–H groups in total. The molecule has 2 aliphatic heterocycles. The average molecular weight is 539 g/mol. The van der Waals surface area contributed by atoms with E-state index < -0.39 is 74.6 Å². The molecule has 37 heavy (non-hydrogen) atoms. The number of aliphatic hydroxyl groups excluding tert-OH is 7. The summed E-state index contributed by atoms with van der Waals surface area (Å²) in [5.41, 5.74) is 0. The van der Waals surface area contributed by atoms with Crippen molar-refractivity contribution in [3.05, 3.63) is 0 Å². The lowest BCUT2D eigenvalue weighted by atomic mass is 9.97. The van der Waals surface area contributed by atoms with Crippen molar-refractivity contribution < 1.29 is 54.7 Å². The lowest BCUT2D eigenvalue weighted by Crippen LogP contribution is -2.64. The van der Waals surface area contributed by atoms with Crippen LogP contribution < -0.4 is 0 Å². The van der Waals surface area contributed by atoms with E-state index in [4.69, 9.17) is 18.9 Å². The summed E-state index contributed by atoms with van der Waals surface area (Å²) in [5.74, 6) is 0. The summed E-state index contributed by atoms with van der Waals surface area (Å²) >= 11 is 0. The van der Waals surface area contributed by atoms with Crippen molar-refractivity contribution in [2.24, 2.45) is 0 Å². The number of hydrogen-bond acceptors (Lipinski definition) is 11. The molecular formula is C26H50O11. The molecule has 220 valence electrons. The van der Waals surface area contributed by atoms with Gasteiger partial charge in [0, 0.05) is 0 Å². The molecule has 0 saturated carbocycles. The Hall–Kier alpha value is -0.440. The number of rotatable bonds is 17. The number of aliphatic hydroxyl groups is 7. The van der Waals surface area contributed by atoms with Gasteiger partial charge in [0.15, 0.2) is 12.6 Å². The predicted molar refractivity (Wildman–Crippen MR) is 133 cm³/mol. The highest BCUT2D eigenvalue weighted by molar-refractivity contribution is 4.94. The van der Waals surface area contributed by atoms with E-state index in [1.807, 2.05) is 6.92 Å². The van der Waals surface area contributed by atoms with E-state index in [2.05, 4.69) is 6.92 Å². The van der Waals surface area contributed by atoms with Gasteiger partial charge in [0.1, 0.15) is 48.8 Å². The van der Waals surface area contributed by atoms with Crippen LogP contribution in [0.2, 0.25) is 0 Å². The second kappa shape index (κ2) is 17.3. The summed E-state index contributed by atoms with van der Waals surface area (Å²) in [6, 6.07) is 0. The highest BCUT2D eigenvalue weighted by Crippen LogP contribution is 2.30. The Labute approximate surface area is 220 Å². The highest BCUT2D eigenvalue weighted by Gasteiger charge is 2.50. The normalized spacial score (nSPS) is 37.5. The summed E-state index contributed by atoms with van der Waals surface area (Å²) in [6.45, 7) is 2.96. The van der Waals surface area contributed by atoms with Crippen LogP contribution in [-0.4, -0.2) is 116 Å². The van der Waals surface area contributed by atoms with E-state index in [0.29, 0.717) is 6.42 Å². The predicted octanol–water partition coefficient (Wildman–Crippen LogP) is 0.327. The third-order valence-corrected chi connectivity index (χ3v) is 7.37. The first-order valence-corrected chi connectivity index (χ1v) is 14.0. The second-order valence-corrected chi connectivity index (χ2v) is 10.3. The van der Waals surface area contributed by atoms with Gasteiger partial charge in [0.25, 0.3) is 0 Å². The molecular weight excluding hydrogens is 488 g/mol. The molecule has 0 aromatic rings. The van der Waals surface area contributed by atoms with Crippen LogP contribution in [-0.2, 0) is 18.9 Å². The molecule has 2 rings (SSSR count). The fourth-order valence-electron chi connectivity index (χ4n) is 4.91. The topological polar surface area (TPSA) is 179 Å². The van der Waals surface area contributed by atoms with Crippen molar-refractivity contribution in [1.82, 2.24) is 0 Å². The molecule has 11 heteroatoms. The fraction of sp³-hybridized carbons (Fsp3) is 1.00. The molecule has 2 fully saturated rings. The van der Waals surface area contributed by atoms with Gasteiger partial charge in [-0.1, -0.05) is 71.6 Å². The van der Waals surface area contributed by atoms with Gasteiger partial charge >= 0.3 is 0 Å². The molecule has 1 unspecified atom stereocenters. The zero-order chi connectivity index (χ0) is 27.4. The second-order valence-electron chi connectivity index (χ2n) is 10.3. The monoisotopic (exact) mass is 538 g/mol. The Balaban J connectivity index is 1.84. The van der Waals surface area contributed by atoms with Gasteiger partial charge in [-0.05, 0) is 12.8 Å². The van der Waals surface area contributed by atoms with Crippen molar-refractivity contribution >= 4 is 0 Å². The SMILES string of the molecule is CCCCCCCCCCCC(CC)O[C@@H]1O[C@H](CO)[C@@H](O[C@H]2O[C@H](CO)[C@@H](O)[C@H](O)[C@H]2O)[C@H](O)[C@H]1O. The Bertz CT molecular complexity index is 593. The van der Waals surface area contributed by atoms with Gasteiger partial charge < -0.3 is 54.7 Å². The summed E-state index contributed by atoms with van der Waals surface area (Å²) in [5, 5.41) is 70.8. The van der Waals surface area contributed by atoms with Crippen LogP contribution in [0, 0.1) is 0 Å². The molecule has 0 spiro atoms. The summed E-state index contributed by atoms with van der Waals surface area (Å²) in [6.07, 6.45) is -2.23. The molecule has 0 aromatic heterocycles. The molecule has 11 atom stereocenters. The van der Waals surface area contributed by atoms with Gasteiger partial charge in [-0.25, -0.2) is 0 Å². The zero-order valence-corrected chi connectivity index (χ0v) is 22.3. The third-order valence-electron chi connectivity index (χ3n) is 7.37. The summed E-state index contributed by atoms with van der Waals surface area (Å²) in [7, 11) is 0. The number of hydrogen-bond donors (Lipinski definition) is 7. The maximum Gasteiger partial charge on any atom is 0.187 e. The van der Waals surface area contributed by atoms with Crippen LogP contribution in [0.3, 0.4) is 0 Å². The Morgan fingerprint density at radius 3 is 1.73 bits per heavy atom. The molecule has 2 aliphatic rings. The third kappa shape index (κ3) is 9.61. The van der Waals surface area contributed by atoms with Gasteiger partial charge in [0.2, 0.25) is 0 Å². The van der Waals surface area contributed by atoms with Gasteiger partial charge in [0.05, 0.1) is 19.3 Å². The van der Waals surface area contributed by atoms with Crippen LogP contribution in [0.25, 0.3) is 0 Å². The Morgan fingerprint density at radius 2 is 1.16 bits per heavy atom. The van der Waals surface area contributed by atoms with Gasteiger partial charge in [-0.2, -0.15) is 0 Å². The van der Waals surface area contributed by atoms with E-state index in [1.165, 1.54) is 44.9 Å². The highest BCUT2D eigenvalue weighted by atomic mass is 16.7. The molecule has 0 aliphatic carbocycles. The quantitative estimate of drug-likeness (QED) is 0.127. The smallest absolute Gasteiger partial charge is 0.187 e. The maximum absolute atomic E-state index is 10.8. The van der Waals surface area contributed by atoms with Crippen molar-refractivity contribution in [3.8, 4) is 0 Å². The molecule has 0 aromatic carbocycles.